The molecule has 15 heavy (non-hydrogen) atoms. The summed E-state index contributed by atoms with van der Waals surface area (Å²) >= 11 is 0. The first-order chi connectivity index (χ1) is 7.27. The van der Waals surface area contributed by atoms with Crippen LogP contribution in [0.15, 0.2) is 18.2 Å². The predicted octanol–water partition coefficient (Wildman–Crippen LogP) is 3.05. The second kappa shape index (κ2) is 4.56. The van der Waals surface area contributed by atoms with Crippen LogP contribution in [-0.2, 0) is 6.42 Å². The molecule has 82 valence electrons. The molecular formula is C13H18O2. The minimum absolute atomic E-state index is 0.683. The van der Waals surface area contributed by atoms with Crippen LogP contribution < -0.4 is 9.47 Å². The zero-order chi connectivity index (χ0) is 10.7. The summed E-state index contributed by atoms with van der Waals surface area (Å²) in [6.07, 6.45) is 2.10. The van der Waals surface area contributed by atoms with Crippen molar-refractivity contribution < 1.29 is 9.47 Å². The second-order valence-corrected chi connectivity index (χ2v) is 4.37. The Morgan fingerprint density at radius 3 is 3.07 bits per heavy atom. The van der Waals surface area contributed by atoms with Crippen LogP contribution in [0, 0.1) is 5.92 Å². The fourth-order valence-electron chi connectivity index (χ4n) is 1.70. The highest BCUT2D eigenvalue weighted by Gasteiger charge is 2.16. The van der Waals surface area contributed by atoms with Crippen molar-refractivity contribution in [3.8, 4) is 11.5 Å². The third-order valence-corrected chi connectivity index (χ3v) is 2.63. The molecule has 0 unspecified atom stereocenters. The Morgan fingerprint density at radius 1 is 1.40 bits per heavy atom. The van der Waals surface area contributed by atoms with Crippen LogP contribution in [-0.4, -0.2) is 13.2 Å². The van der Waals surface area contributed by atoms with E-state index in [1.807, 2.05) is 12.1 Å². The van der Waals surface area contributed by atoms with Gasteiger partial charge in [-0.25, -0.2) is 0 Å². The van der Waals surface area contributed by atoms with Gasteiger partial charge in [0, 0.05) is 12.0 Å². The Hall–Kier alpha value is -1.18. The van der Waals surface area contributed by atoms with E-state index in [0.717, 1.165) is 37.6 Å². The number of rotatable bonds is 4. The third kappa shape index (κ3) is 2.44. The number of fused-ring (bicyclic) bond motifs is 1. The summed E-state index contributed by atoms with van der Waals surface area (Å²) in [6.45, 7) is 5.97. The van der Waals surface area contributed by atoms with E-state index in [2.05, 4.69) is 19.9 Å². The Kier molecular flexibility index (Phi) is 3.14. The largest absolute Gasteiger partial charge is 0.490 e. The average Bonchev–Trinajstić information content (AvgIpc) is 2.65. The lowest BCUT2D eigenvalue weighted by Crippen LogP contribution is -2.02. The molecule has 0 saturated heterocycles. The van der Waals surface area contributed by atoms with Gasteiger partial charge in [0.05, 0.1) is 13.2 Å². The highest BCUT2D eigenvalue weighted by molar-refractivity contribution is 5.48. The number of benzene rings is 1. The summed E-state index contributed by atoms with van der Waals surface area (Å²) < 4.78 is 11.3. The van der Waals surface area contributed by atoms with Crippen molar-refractivity contribution in [2.75, 3.05) is 13.2 Å². The number of hydrogen-bond acceptors (Lipinski definition) is 2. The van der Waals surface area contributed by atoms with Gasteiger partial charge in [0.1, 0.15) is 0 Å². The van der Waals surface area contributed by atoms with Gasteiger partial charge in [-0.2, -0.15) is 0 Å². The molecule has 2 heteroatoms. The molecule has 0 bridgehead atoms. The molecule has 0 atom stereocenters. The first-order valence-electron chi connectivity index (χ1n) is 5.65. The van der Waals surface area contributed by atoms with Gasteiger partial charge in [-0.1, -0.05) is 26.0 Å². The molecule has 0 aromatic heterocycles. The van der Waals surface area contributed by atoms with Crippen molar-refractivity contribution in [1.29, 1.82) is 0 Å². The summed E-state index contributed by atoms with van der Waals surface area (Å²) in [5.41, 5.74) is 1.28. The Balaban J connectivity index is 2.00. The number of para-hydroxylation sites is 1. The van der Waals surface area contributed by atoms with Crippen molar-refractivity contribution in [3.05, 3.63) is 23.8 Å². The van der Waals surface area contributed by atoms with Crippen molar-refractivity contribution >= 4 is 0 Å². The molecule has 0 radical (unpaired) electrons. The standard InChI is InChI=1S/C13H18O2/c1-10(2)6-8-14-12-5-3-4-11-7-9-15-13(11)12/h3-5,10H,6-9H2,1-2H3. The van der Waals surface area contributed by atoms with Gasteiger partial charge < -0.3 is 9.47 Å². The van der Waals surface area contributed by atoms with Crippen molar-refractivity contribution in [1.82, 2.24) is 0 Å². The van der Waals surface area contributed by atoms with E-state index in [-0.39, 0.29) is 0 Å². The number of hydrogen-bond donors (Lipinski definition) is 0. The Bertz CT molecular complexity index is 331. The summed E-state index contributed by atoms with van der Waals surface area (Å²) in [6, 6.07) is 6.14. The maximum absolute atomic E-state index is 5.73. The van der Waals surface area contributed by atoms with E-state index in [0.29, 0.717) is 5.92 Å². The Morgan fingerprint density at radius 2 is 2.27 bits per heavy atom. The van der Waals surface area contributed by atoms with Crippen LogP contribution in [0.2, 0.25) is 0 Å². The molecule has 1 aromatic rings. The quantitative estimate of drug-likeness (QED) is 0.753. The molecule has 1 aliphatic heterocycles. The molecule has 0 fully saturated rings. The lowest BCUT2D eigenvalue weighted by Gasteiger charge is -2.11. The van der Waals surface area contributed by atoms with Crippen LogP contribution >= 0.6 is 0 Å². The van der Waals surface area contributed by atoms with Gasteiger partial charge in [-0.15, -0.1) is 0 Å². The predicted molar refractivity (Wildman–Crippen MR) is 60.6 cm³/mol. The van der Waals surface area contributed by atoms with Gasteiger partial charge in [-0.05, 0) is 18.4 Å². The molecule has 1 aliphatic rings. The molecule has 2 nitrogen and oxygen atoms in total. The summed E-state index contributed by atoms with van der Waals surface area (Å²) in [4.78, 5) is 0. The maximum Gasteiger partial charge on any atom is 0.164 e. The molecular weight excluding hydrogens is 188 g/mol. The smallest absolute Gasteiger partial charge is 0.164 e. The number of ether oxygens (including phenoxy) is 2. The highest BCUT2D eigenvalue weighted by Crippen LogP contribution is 2.35. The molecule has 1 heterocycles. The molecule has 0 N–H and O–H groups in total. The summed E-state index contributed by atoms with van der Waals surface area (Å²) in [5, 5.41) is 0. The topological polar surface area (TPSA) is 18.5 Å². The van der Waals surface area contributed by atoms with Crippen LogP contribution in [0.1, 0.15) is 25.8 Å². The lowest BCUT2D eigenvalue weighted by molar-refractivity contribution is 0.268. The first kappa shape index (κ1) is 10.3. The minimum atomic E-state index is 0.683. The van der Waals surface area contributed by atoms with Gasteiger partial charge in [0.15, 0.2) is 11.5 Å². The Labute approximate surface area is 91.2 Å². The highest BCUT2D eigenvalue weighted by atomic mass is 16.5. The fraction of sp³-hybridized carbons (Fsp3) is 0.538. The fourth-order valence-corrected chi connectivity index (χ4v) is 1.70. The SMILES string of the molecule is CC(C)CCOc1cccc2c1OCC2. The summed E-state index contributed by atoms with van der Waals surface area (Å²) in [5.74, 6) is 2.55. The molecule has 2 rings (SSSR count). The van der Waals surface area contributed by atoms with E-state index < -0.39 is 0 Å². The van der Waals surface area contributed by atoms with Gasteiger partial charge in [0.2, 0.25) is 0 Å². The van der Waals surface area contributed by atoms with Crippen molar-refractivity contribution in [2.24, 2.45) is 5.92 Å². The van der Waals surface area contributed by atoms with Crippen LogP contribution in [0.25, 0.3) is 0 Å². The average molecular weight is 206 g/mol. The third-order valence-electron chi connectivity index (χ3n) is 2.63. The minimum Gasteiger partial charge on any atom is -0.490 e. The lowest BCUT2D eigenvalue weighted by atomic mass is 10.1. The van der Waals surface area contributed by atoms with Crippen molar-refractivity contribution in [3.63, 3.8) is 0 Å². The van der Waals surface area contributed by atoms with Crippen LogP contribution in [0.5, 0.6) is 11.5 Å². The molecule has 0 aliphatic carbocycles. The van der Waals surface area contributed by atoms with Gasteiger partial charge in [-0.3, -0.25) is 0 Å². The molecule has 0 spiro atoms. The second-order valence-electron chi connectivity index (χ2n) is 4.37. The van der Waals surface area contributed by atoms with E-state index >= 15 is 0 Å². The van der Waals surface area contributed by atoms with E-state index in [1.165, 1.54) is 5.56 Å². The monoisotopic (exact) mass is 206 g/mol. The van der Waals surface area contributed by atoms with Gasteiger partial charge in [0.25, 0.3) is 0 Å². The molecule has 0 saturated carbocycles. The van der Waals surface area contributed by atoms with Crippen LogP contribution in [0.3, 0.4) is 0 Å². The summed E-state index contributed by atoms with van der Waals surface area (Å²) in [7, 11) is 0. The zero-order valence-electron chi connectivity index (χ0n) is 9.45. The molecule has 1 aromatic carbocycles. The van der Waals surface area contributed by atoms with Crippen LogP contribution in [0.4, 0.5) is 0 Å². The molecule has 0 amide bonds. The van der Waals surface area contributed by atoms with Gasteiger partial charge >= 0.3 is 0 Å². The van der Waals surface area contributed by atoms with Crippen molar-refractivity contribution in [2.45, 2.75) is 26.7 Å². The first-order valence-corrected chi connectivity index (χ1v) is 5.65. The van der Waals surface area contributed by atoms with E-state index in [4.69, 9.17) is 9.47 Å². The normalized spacial score (nSPS) is 13.8. The van der Waals surface area contributed by atoms with E-state index in [1.54, 1.807) is 0 Å². The maximum atomic E-state index is 5.73. The van der Waals surface area contributed by atoms with E-state index in [9.17, 15) is 0 Å². The zero-order valence-corrected chi connectivity index (χ0v) is 9.45.